The first-order valence-electron chi connectivity index (χ1n) is 9.93. The third-order valence-electron chi connectivity index (χ3n) is 8.26. The molecule has 3 aliphatic rings. The van der Waals surface area contributed by atoms with E-state index in [9.17, 15) is 4.79 Å². The fourth-order valence-corrected chi connectivity index (χ4v) is 7.19. The fraction of sp³-hybridized carbons (Fsp3) is 0.773. The maximum atomic E-state index is 11.6. The lowest BCUT2D eigenvalue weighted by molar-refractivity contribution is -0.186. The third-order valence-corrected chi connectivity index (χ3v) is 8.26. The highest BCUT2D eigenvalue weighted by Gasteiger charge is 2.63. The van der Waals surface area contributed by atoms with E-state index in [1.54, 1.807) is 6.92 Å². The number of carbonyl (C=O) groups is 1. The largest absolute Gasteiger partial charge is 0.468 e. The van der Waals surface area contributed by atoms with Gasteiger partial charge in [-0.3, -0.25) is 4.79 Å². The second-order valence-electron chi connectivity index (χ2n) is 9.84. The number of hydrogen-bond acceptors (Lipinski definition) is 3. The van der Waals surface area contributed by atoms with Gasteiger partial charge in [-0.1, -0.05) is 27.7 Å². The number of ether oxygens (including phenoxy) is 1. The SMILES string of the molecule is CC(=O)OC1CCC2(C)C3CCc4ccoc4C3(C)CCC2C1(C)C. The Morgan fingerprint density at radius 3 is 2.60 bits per heavy atom. The van der Waals surface area contributed by atoms with Crippen molar-refractivity contribution in [2.75, 3.05) is 0 Å². The summed E-state index contributed by atoms with van der Waals surface area (Å²) in [6, 6.07) is 2.17. The number of rotatable bonds is 1. The van der Waals surface area contributed by atoms with E-state index >= 15 is 0 Å². The number of esters is 1. The molecule has 3 heteroatoms. The maximum Gasteiger partial charge on any atom is 0.302 e. The molecule has 1 aromatic rings. The molecule has 1 aromatic heterocycles. The Labute approximate surface area is 151 Å². The Bertz CT molecular complexity index is 687. The Balaban J connectivity index is 1.71. The quantitative estimate of drug-likeness (QED) is 0.652. The molecule has 2 fully saturated rings. The number of carbonyl (C=O) groups excluding carboxylic acids is 1. The first kappa shape index (κ1) is 17.2. The summed E-state index contributed by atoms with van der Waals surface area (Å²) in [5, 5.41) is 0. The Hall–Kier alpha value is -1.25. The summed E-state index contributed by atoms with van der Waals surface area (Å²) in [6.07, 6.45) is 8.83. The minimum atomic E-state index is -0.139. The van der Waals surface area contributed by atoms with Crippen LogP contribution in [0.3, 0.4) is 0 Å². The predicted molar refractivity (Wildman–Crippen MR) is 97.3 cm³/mol. The van der Waals surface area contributed by atoms with Crippen molar-refractivity contribution in [1.29, 1.82) is 0 Å². The van der Waals surface area contributed by atoms with E-state index in [4.69, 9.17) is 9.15 Å². The Morgan fingerprint density at radius 2 is 1.88 bits per heavy atom. The standard InChI is InChI=1S/C22H32O3/c1-14(23)25-18-9-12-21(4)16(20(18,2)3)8-11-22(5)17(21)7-6-15-10-13-24-19(15)22/h10,13,16-18H,6-9,11-12H2,1-5H3. The van der Waals surface area contributed by atoms with Crippen molar-refractivity contribution < 1.29 is 13.9 Å². The van der Waals surface area contributed by atoms with Crippen LogP contribution in [0.25, 0.3) is 0 Å². The van der Waals surface area contributed by atoms with Crippen LogP contribution in [-0.4, -0.2) is 12.1 Å². The summed E-state index contributed by atoms with van der Waals surface area (Å²) in [5.41, 5.74) is 1.90. The van der Waals surface area contributed by atoms with Gasteiger partial charge in [-0.15, -0.1) is 0 Å². The summed E-state index contributed by atoms with van der Waals surface area (Å²) >= 11 is 0. The van der Waals surface area contributed by atoms with E-state index in [-0.39, 0.29) is 28.3 Å². The highest BCUT2D eigenvalue weighted by molar-refractivity contribution is 5.66. The zero-order valence-electron chi connectivity index (χ0n) is 16.4. The molecule has 0 aromatic carbocycles. The molecule has 3 nitrogen and oxygen atoms in total. The van der Waals surface area contributed by atoms with Crippen LogP contribution in [-0.2, 0) is 21.4 Å². The average Bonchev–Trinajstić information content (AvgIpc) is 2.99. The summed E-state index contributed by atoms with van der Waals surface area (Å²) in [4.78, 5) is 11.6. The second kappa shape index (κ2) is 5.37. The molecule has 3 aliphatic carbocycles. The van der Waals surface area contributed by atoms with Crippen LogP contribution in [0.5, 0.6) is 0 Å². The van der Waals surface area contributed by atoms with Crippen molar-refractivity contribution >= 4 is 5.97 Å². The molecule has 2 saturated carbocycles. The van der Waals surface area contributed by atoms with Crippen molar-refractivity contribution in [1.82, 2.24) is 0 Å². The molecule has 5 unspecified atom stereocenters. The zero-order valence-corrected chi connectivity index (χ0v) is 16.4. The molecule has 0 bridgehead atoms. The normalized spacial score (nSPS) is 42.0. The van der Waals surface area contributed by atoms with Crippen LogP contribution in [0, 0.1) is 22.7 Å². The van der Waals surface area contributed by atoms with E-state index in [1.807, 2.05) is 6.26 Å². The van der Waals surface area contributed by atoms with Crippen molar-refractivity contribution in [3.05, 3.63) is 23.7 Å². The van der Waals surface area contributed by atoms with Gasteiger partial charge in [0.2, 0.25) is 0 Å². The van der Waals surface area contributed by atoms with Crippen LogP contribution < -0.4 is 0 Å². The highest BCUT2D eigenvalue weighted by atomic mass is 16.5. The molecular formula is C22H32O3. The summed E-state index contributed by atoms with van der Waals surface area (Å²) in [7, 11) is 0. The Morgan fingerprint density at radius 1 is 1.12 bits per heavy atom. The fourth-order valence-electron chi connectivity index (χ4n) is 7.19. The van der Waals surface area contributed by atoms with Crippen LogP contribution in [0.2, 0.25) is 0 Å². The van der Waals surface area contributed by atoms with Gasteiger partial charge in [0.25, 0.3) is 0 Å². The van der Waals surface area contributed by atoms with Crippen molar-refractivity contribution in [2.24, 2.45) is 22.7 Å². The van der Waals surface area contributed by atoms with Gasteiger partial charge in [-0.25, -0.2) is 0 Å². The molecule has 5 atom stereocenters. The van der Waals surface area contributed by atoms with Crippen molar-refractivity contribution in [3.63, 3.8) is 0 Å². The zero-order chi connectivity index (χ0) is 18.0. The van der Waals surface area contributed by atoms with E-state index in [0.29, 0.717) is 11.8 Å². The van der Waals surface area contributed by atoms with Gasteiger partial charge in [0.1, 0.15) is 11.9 Å². The van der Waals surface area contributed by atoms with Gasteiger partial charge >= 0.3 is 5.97 Å². The Kier molecular flexibility index (Phi) is 3.69. The van der Waals surface area contributed by atoms with Gasteiger partial charge < -0.3 is 9.15 Å². The number of furan rings is 1. The maximum absolute atomic E-state index is 11.6. The number of hydrogen-bond donors (Lipinski definition) is 0. The summed E-state index contributed by atoms with van der Waals surface area (Å²) in [6.45, 7) is 11.1. The lowest BCUT2D eigenvalue weighted by Crippen LogP contribution is -2.61. The molecular weight excluding hydrogens is 312 g/mol. The molecule has 0 saturated heterocycles. The molecule has 138 valence electrons. The van der Waals surface area contributed by atoms with Crippen molar-refractivity contribution in [2.45, 2.75) is 84.7 Å². The minimum Gasteiger partial charge on any atom is -0.468 e. The van der Waals surface area contributed by atoms with Crippen LogP contribution in [0.15, 0.2) is 16.7 Å². The van der Waals surface area contributed by atoms with Crippen LogP contribution >= 0.6 is 0 Å². The monoisotopic (exact) mass is 344 g/mol. The molecule has 0 aliphatic heterocycles. The average molecular weight is 344 g/mol. The lowest BCUT2D eigenvalue weighted by Gasteiger charge is -2.64. The topological polar surface area (TPSA) is 39.4 Å². The lowest BCUT2D eigenvalue weighted by atomic mass is 9.41. The molecule has 4 rings (SSSR count). The molecule has 0 N–H and O–H groups in total. The van der Waals surface area contributed by atoms with Gasteiger partial charge in [0, 0.05) is 17.8 Å². The smallest absolute Gasteiger partial charge is 0.302 e. The number of fused-ring (bicyclic) bond motifs is 5. The van der Waals surface area contributed by atoms with Gasteiger partial charge in [-0.05, 0) is 67.4 Å². The highest BCUT2D eigenvalue weighted by Crippen LogP contribution is 2.67. The first-order valence-corrected chi connectivity index (χ1v) is 9.93. The first-order chi connectivity index (χ1) is 11.7. The third kappa shape index (κ3) is 2.27. The molecule has 0 amide bonds. The summed E-state index contributed by atoms with van der Waals surface area (Å²) in [5.74, 6) is 2.35. The molecule has 0 spiro atoms. The second-order valence-corrected chi connectivity index (χ2v) is 9.84. The van der Waals surface area contributed by atoms with Crippen LogP contribution in [0.1, 0.15) is 78.0 Å². The molecule has 1 heterocycles. The van der Waals surface area contributed by atoms with E-state index < -0.39 is 0 Å². The van der Waals surface area contributed by atoms with E-state index in [1.165, 1.54) is 30.6 Å². The summed E-state index contributed by atoms with van der Waals surface area (Å²) < 4.78 is 11.8. The van der Waals surface area contributed by atoms with Gasteiger partial charge in [-0.2, -0.15) is 0 Å². The van der Waals surface area contributed by atoms with Gasteiger partial charge in [0.05, 0.1) is 6.26 Å². The minimum absolute atomic E-state index is 0.0312. The van der Waals surface area contributed by atoms with Crippen LogP contribution in [0.4, 0.5) is 0 Å². The number of aryl methyl sites for hydroxylation is 1. The van der Waals surface area contributed by atoms with Gasteiger partial charge in [0.15, 0.2) is 0 Å². The van der Waals surface area contributed by atoms with E-state index in [2.05, 4.69) is 33.8 Å². The van der Waals surface area contributed by atoms with Crippen molar-refractivity contribution in [3.8, 4) is 0 Å². The van der Waals surface area contributed by atoms with E-state index in [0.717, 1.165) is 19.3 Å². The molecule has 25 heavy (non-hydrogen) atoms. The molecule has 0 radical (unpaired) electrons. The predicted octanol–water partition coefficient (Wildman–Crippen LogP) is 5.27.